The number of ether oxygens (including phenoxy) is 4. The molecule has 4 heteroatoms. The Hall–Kier alpha value is -1.46. The van der Waals surface area contributed by atoms with Gasteiger partial charge in [-0.25, -0.2) is 0 Å². The smallest absolute Gasteiger partial charge is 0.0704 e. The third-order valence-electron chi connectivity index (χ3n) is 6.81. The lowest BCUT2D eigenvalue weighted by molar-refractivity contribution is 0.000491. The van der Waals surface area contributed by atoms with Crippen LogP contribution >= 0.6 is 0 Å². The van der Waals surface area contributed by atoms with E-state index in [1.54, 1.807) is 0 Å². The van der Waals surface area contributed by atoms with Crippen molar-refractivity contribution < 1.29 is 18.9 Å². The van der Waals surface area contributed by atoms with Crippen molar-refractivity contribution in [2.24, 2.45) is 5.41 Å². The van der Waals surface area contributed by atoms with Crippen LogP contribution in [-0.2, 0) is 18.9 Å². The third kappa shape index (κ3) is 17.6. The van der Waals surface area contributed by atoms with E-state index >= 15 is 0 Å². The predicted molar refractivity (Wildman–Crippen MR) is 158 cm³/mol. The monoisotopic (exact) mass is 516 g/mol. The Morgan fingerprint density at radius 2 is 1.41 bits per heavy atom. The summed E-state index contributed by atoms with van der Waals surface area (Å²) in [5.74, 6) is 0. The number of hydrogen-bond acceptors (Lipinski definition) is 4. The first-order valence-corrected chi connectivity index (χ1v) is 14.6. The molecule has 0 radical (unpaired) electrons. The van der Waals surface area contributed by atoms with E-state index in [0.717, 1.165) is 13.0 Å². The number of allylic oxidation sites excluding steroid dienone is 9. The molecule has 0 unspecified atom stereocenters. The standard InChI is InChI=1S/C33H56O4/c1-7-8-9-10-11-21-34-23-25-36-27-28-37-26-24-35-22-19-30(3)15-12-14-29(2)17-18-32-31(4)16-13-20-33(32,5)6/h12,14-15,17-19H,7-11,13,16,20-28H2,1-6H3. The molecule has 212 valence electrons. The molecule has 0 aromatic rings. The van der Waals surface area contributed by atoms with Crippen molar-refractivity contribution >= 4 is 0 Å². The largest absolute Gasteiger partial charge is 0.379 e. The van der Waals surface area contributed by atoms with Crippen LogP contribution in [0.3, 0.4) is 0 Å². The average Bonchev–Trinajstić information content (AvgIpc) is 2.85. The second-order valence-electron chi connectivity index (χ2n) is 10.8. The van der Waals surface area contributed by atoms with E-state index < -0.39 is 0 Å². The molecule has 0 fully saturated rings. The maximum absolute atomic E-state index is 5.65. The fraction of sp³-hybridized carbons (Fsp3) is 0.697. The maximum atomic E-state index is 5.65. The van der Waals surface area contributed by atoms with Gasteiger partial charge < -0.3 is 18.9 Å². The van der Waals surface area contributed by atoms with Crippen LogP contribution in [0.25, 0.3) is 0 Å². The van der Waals surface area contributed by atoms with Crippen LogP contribution in [0.1, 0.15) is 92.9 Å². The zero-order valence-corrected chi connectivity index (χ0v) is 24.9. The van der Waals surface area contributed by atoms with Crippen LogP contribution in [0.2, 0.25) is 0 Å². The van der Waals surface area contributed by atoms with E-state index in [9.17, 15) is 0 Å². The molecular formula is C33H56O4. The molecule has 0 saturated carbocycles. The molecule has 0 aliphatic heterocycles. The van der Waals surface area contributed by atoms with Gasteiger partial charge >= 0.3 is 0 Å². The Morgan fingerprint density at radius 3 is 2.05 bits per heavy atom. The highest BCUT2D eigenvalue weighted by Gasteiger charge is 2.26. The molecule has 0 N–H and O–H groups in total. The van der Waals surface area contributed by atoms with Crippen LogP contribution in [0.4, 0.5) is 0 Å². The van der Waals surface area contributed by atoms with Crippen molar-refractivity contribution in [3.63, 3.8) is 0 Å². The molecule has 4 nitrogen and oxygen atoms in total. The predicted octanol–water partition coefficient (Wildman–Crippen LogP) is 8.55. The van der Waals surface area contributed by atoms with E-state index in [1.807, 2.05) is 0 Å². The maximum Gasteiger partial charge on any atom is 0.0704 e. The Bertz CT molecular complexity index is 739. The van der Waals surface area contributed by atoms with Gasteiger partial charge in [-0.2, -0.15) is 0 Å². The van der Waals surface area contributed by atoms with E-state index in [1.165, 1.54) is 67.2 Å². The molecule has 37 heavy (non-hydrogen) atoms. The van der Waals surface area contributed by atoms with Crippen molar-refractivity contribution in [3.05, 3.63) is 58.7 Å². The van der Waals surface area contributed by atoms with Crippen molar-refractivity contribution in [3.8, 4) is 0 Å². The molecule has 0 aromatic carbocycles. The van der Waals surface area contributed by atoms with E-state index in [-0.39, 0.29) is 5.41 Å². The van der Waals surface area contributed by atoms with Crippen LogP contribution < -0.4 is 0 Å². The quantitative estimate of drug-likeness (QED) is 0.113. The van der Waals surface area contributed by atoms with E-state index in [0.29, 0.717) is 46.2 Å². The fourth-order valence-electron chi connectivity index (χ4n) is 4.44. The van der Waals surface area contributed by atoms with Gasteiger partial charge in [-0.05, 0) is 57.4 Å². The number of unbranched alkanes of at least 4 members (excludes halogenated alkanes) is 4. The summed E-state index contributed by atoms with van der Waals surface area (Å²) in [6, 6.07) is 0. The molecule has 0 aromatic heterocycles. The third-order valence-corrected chi connectivity index (χ3v) is 6.81. The Labute approximate surface area is 228 Å². The van der Waals surface area contributed by atoms with Crippen molar-refractivity contribution in [2.75, 3.05) is 52.9 Å². The van der Waals surface area contributed by atoms with Crippen LogP contribution in [0.15, 0.2) is 58.7 Å². The molecule has 0 saturated heterocycles. The number of hydrogen-bond donors (Lipinski definition) is 0. The van der Waals surface area contributed by atoms with Gasteiger partial charge in [0.25, 0.3) is 0 Å². The van der Waals surface area contributed by atoms with Gasteiger partial charge in [0.2, 0.25) is 0 Å². The highest BCUT2D eigenvalue weighted by molar-refractivity contribution is 5.37. The topological polar surface area (TPSA) is 36.9 Å². The molecule has 0 spiro atoms. The minimum Gasteiger partial charge on any atom is -0.379 e. The second kappa shape index (κ2) is 21.5. The second-order valence-corrected chi connectivity index (χ2v) is 10.8. The molecular weight excluding hydrogens is 460 g/mol. The zero-order chi connectivity index (χ0) is 27.2. The van der Waals surface area contributed by atoms with Crippen LogP contribution in [-0.4, -0.2) is 52.9 Å². The SMILES string of the molecule is CCCCCCCOCCOCCOCCOCC=C(C)C=CC=C(C)C=CC1=C(C)CCCC1(C)C. The molecule has 0 atom stereocenters. The van der Waals surface area contributed by atoms with E-state index in [2.05, 4.69) is 78.0 Å². The summed E-state index contributed by atoms with van der Waals surface area (Å²) in [5, 5.41) is 0. The minimum absolute atomic E-state index is 0.287. The van der Waals surface area contributed by atoms with Gasteiger partial charge in [-0.3, -0.25) is 0 Å². The zero-order valence-electron chi connectivity index (χ0n) is 24.9. The van der Waals surface area contributed by atoms with Crippen molar-refractivity contribution in [2.45, 2.75) is 92.9 Å². The number of rotatable bonds is 21. The van der Waals surface area contributed by atoms with Crippen LogP contribution in [0, 0.1) is 5.41 Å². The fourth-order valence-corrected chi connectivity index (χ4v) is 4.44. The lowest BCUT2D eigenvalue weighted by atomic mass is 9.72. The van der Waals surface area contributed by atoms with E-state index in [4.69, 9.17) is 18.9 Å². The first-order chi connectivity index (χ1) is 17.9. The Balaban J connectivity index is 2.05. The summed E-state index contributed by atoms with van der Waals surface area (Å²) < 4.78 is 22.3. The molecule has 1 aliphatic rings. The van der Waals surface area contributed by atoms with Crippen molar-refractivity contribution in [1.29, 1.82) is 0 Å². The Morgan fingerprint density at radius 1 is 0.784 bits per heavy atom. The minimum atomic E-state index is 0.287. The van der Waals surface area contributed by atoms with Crippen molar-refractivity contribution in [1.82, 2.24) is 0 Å². The van der Waals surface area contributed by atoms with Crippen LogP contribution in [0.5, 0.6) is 0 Å². The highest BCUT2D eigenvalue weighted by atomic mass is 16.6. The lowest BCUT2D eigenvalue weighted by Crippen LogP contribution is -2.19. The van der Waals surface area contributed by atoms with Gasteiger partial charge in [-0.1, -0.05) is 99.6 Å². The molecule has 1 aliphatic carbocycles. The van der Waals surface area contributed by atoms with Gasteiger partial charge in [0.15, 0.2) is 0 Å². The van der Waals surface area contributed by atoms with Gasteiger partial charge in [-0.15, -0.1) is 0 Å². The highest BCUT2D eigenvalue weighted by Crippen LogP contribution is 2.40. The summed E-state index contributed by atoms with van der Waals surface area (Å²) in [7, 11) is 0. The molecule has 0 amide bonds. The van der Waals surface area contributed by atoms with Gasteiger partial charge in [0.1, 0.15) is 0 Å². The van der Waals surface area contributed by atoms with Gasteiger partial charge in [0, 0.05) is 6.61 Å². The molecule has 0 heterocycles. The average molecular weight is 517 g/mol. The summed E-state index contributed by atoms with van der Waals surface area (Å²) in [5.41, 5.74) is 5.78. The summed E-state index contributed by atoms with van der Waals surface area (Å²) in [6.45, 7) is 18.6. The molecule has 1 rings (SSSR count). The summed E-state index contributed by atoms with van der Waals surface area (Å²) in [6.07, 6.45) is 23.2. The first kappa shape index (κ1) is 33.6. The van der Waals surface area contributed by atoms with Gasteiger partial charge in [0.05, 0.1) is 46.2 Å². The molecule has 0 bridgehead atoms. The normalized spacial score (nSPS) is 17.0. The Kier molecular flexibility index (Phi) is 19.5. The lowest BCUT2D eigenvalue weighted by Gasteiger charge is -2.32. The summed E-state index contributed by atoms with van der Waals surface area (Å²) in [4.78, 5) is 0. The summed E-state index contributed by atoms with van der Waals surface area (Å²) >= 11 is 0. The first-order valence-electron chi connectivity index (χ1n) is 14.6.